The van der Waals surface area contributed by atoms with Crippen LogP contribution < -0.4 is 0 Å². The van der Waals surface area contributed by atoms with E-state index in [1.807, 2.05) is 0 Å². The third-order valence-electron chi connectivity index (χ3n) is 3.75. The molecule has 0 aliphatic carbocycles. The van der Waals surface area contributed by atoms with Gasteiger partial charge in [0, 0.05) is 0 Å². The Kier molecular flexibility index (Phi) is 5.91. The summed E-state index contributed by atoms with van der Waals surface area (Å²) in [6.45, 7) is 11.9. The predicted octanol–water partition coefficient (Wildman–Crippen LogP) is 5.72. The molecule has 0 saturated heterocycles. The van der Waals surface area contributed by atoms with Crippen LogP contribution in [0.1, 0.15) is 59.4 Å². The normalized spacial score (nSPS) is 13.9. The maximum atomic E-state index is 2.42. The molecule has 0 N–H and O–H groups in total. The van der Waals surface area contributed by atoms with Crippen LogP contribution in [-0.2, 0) is 6.42 Å². The van der Waals surface area contributed by atoms with E-state index in [2.05, 4.69) is 65.0 Å². The zero-order chi connectivity index (χ0) is 13.6. The molecule has 0 fully saturated rings. The molecule has 0 radical (unpaired) electrons. The molecule has 1 atom stereocenters. The molecule has 0 heterocycles. The lowest BCUT2D eigenvalue weighted by Crippen LogP contribution is -2.20. The van der Waals surface area contributed by atoms with Crippen molar-refractivity contribution in [1.29, 1.82) is 0 Å². The van der Waals surface area contributed by atoms with Gasteiger partial charge in [-0.25, -0.2) is 0 Å². The molecule has 0 amide bonds. The van der Waals surface area contributed by atoms with Crippen LogP contribution in [0.25, 0.3) is 0 Å². The van der Waals surface area contributed by atoms with Gasteiger partial charge in [0.05, 0.1) is 0 Å². The molecular formula is C18H30. The highest BCUT2D eigenvalue weighted by molar-refractivity contribution is 5.16. The van der Waals surface area contributed by atoms with E-state index in [1.54, 1.807) is 0 Å². The third-order valence-corrected chi connectivity index (χ3v) is 3.75. The van der Waals surface area contributed by atoms with Gasteiger partial charge in [0.25, 0.3) is 0 Å². The maximum absolute atomic E-state index is 2.42. The van der Waals surface area contributed by atoms with Gasteiger partial charge in [-0.3, -0.25) is 0 Å². The number of hydrogen-bond donors (Lipinski definition) is 0. The molecular weight excluding hydrogens is 216 g/mol. The van der Waals surface area contributed by atoms with Crippen molar-refractivity contribution in [2.45, 2.75) is 60.3 Å². The van der Waals surface area contributed by atoms with E-state index in [4.69, 9.17) is 0 Å². The second kappa shape index (κ2) is 6.97. The smallest absolute Gasteiger partial charge is 0.0227 e. The monoisotopic (exact) mass is 246 g/mol. The molecule has 0 bridgehead atoms. The van der Waals surface area contributed by atoms with Crippen molar-refractivity contribution in [3.8, 4) is 0 Å². The Balaban J connectivity index is 2.57. The van der Waals surface area contributed by atoms with Gasteiger partial charge in [-0.15, -0.1) is 0 Å². The minimum absolute atomic E-state index is 0.414. The molecule has 1 aromatic rings. The van der Waals surface area contributed by atoms with E-state index in [0.29, 0.717) is 5.41 Å². The zero-order valence-electron chi connectivity index (χ0n) is 12.9. The molecule has 0 spiro atoms. The molecule has 0 saturated carbocycles. The zero-order valence-corrected chi connectivity index (χ0v) is 12.9. The summed E-state index contributed by atoms with van der Waals surface area (Å²) in [6, 6.07) is 10.9. The highest BCUT2D eigenvalue weighted by Gasteiger charge is 2.23. The Bertz CT molecular complexity index is 321. The minimum atomic E-state index is 0.414. The van der Waals surface area contributed by atoms with Crippen molar-refractivity contribution in [3.63, 3.8) is 0 Å². The fourth-order valence-electron chi connectivity index (χ4n) is 3.06. The lowest BCUT2D eigenvalue weighted by molar-refractivity contribution is 0.235. The Labute approximate surface area is 114 Å². The van der Waals surface area contributed by atoms with Crippen molar-refractivity contribution in [2.75, 3.05) is 0 Å². The van der Waals surface area contributed by atoms with Crippen LogP contribution in [0.3, 0.4) is 0 Å². The Morgan fingerprint density at radius 1 is 1.06 bits per heavy atom. The van der Waals surface area contributed by atoms with Gasteiger partial charge in [-0.05, 0) is 42.1 Å². The fourth-order valence-corrected chi connectivity index (χ4v) is 3.06. The summed E-state index contributed by atoms with van der Waals surface area (Å²) in [5.74, 6) is 1.70. The van der Waals surface area contributed by atoms with Crippen LogP contribution in [0.2, 0.25) is 0 Å². The van der Waals surface area contributed by atoms with Crippen LogP contribution in [0.15, 0.2) is 30.3 Å². The molecule has 1 unspecified atom stereocenters. The van der Waals surface area contributed by atoms with Gasteiger partial charge < -0.3 is 0 Å². The SMILES string of the molecule is CCC(CC(C)C)CC(C)(C)Cc1ccccc1. The molecule has 0 aromatic heterocycles. The fraction of sp³-hybridized carbons (Fsp3) is 0.667. The first-order chi connectivity index (χ1) is 8.43. The quantitative estimate of drug-likeness (QED) is 0.577. The van der Waals surface area contributed by atoms with E-state index in [-0.39, 0.29) is 0 Å². The second-order valence-electron chi connectivity index (χ2n) is 6.93. The topological polar surface area (TPSA) is 0 Å². The first-order valence-electron chi connectivity index (χ1n) is 7.47. The van der Waals surface area contributed by atoms with Crippen molar-refractivity contribution < 1.29 is 0 Å². The number of hydrogen-bond acceptors (Lipinski definition) is 0. The van der Waals surface area contributed by atoms with Crippen LogP contribution in [0.5, 0.6) is 0 Å². The second-order valence-corrected chi connectivity index (χ2v) is 6.93. The van der Waals surface area contributed by atoms with Crippen LogP contribution in [0, 0.1) is 17.3 Å². The van der Waals surface area contributed by atoms with Gasteiger partial charge in [0.1, 0.15) is 0 Å². The van der Waals surface area contributed by atoms with E-state index >= 15 is 0 Å². The molecule has 18 heavy (non-hydrogen) atoms. The highest BCUT2D eigenvalue weighted by atomic mass is 14.3. The lowest BCUT2D eigenvalue weighted by Gasteiger charge is -2.30. The van der Waals surface area contributed by atoms with Gasteiger partial charge in [-0.2, -0.15) is 0 Å². The molecule has 0 heteroatoms. The summed E-state index contributed by atoms with van der Waals surface area (Å²) in [5.41, 5.74) is 1.89. The molecule has 0 aliphatic heterocycles. The van der Waals surface area contributed by atoms with E-state index in [0.717, 1.165) is 11.8 Å². The average molecular weight is 246 g/mol. The predicted molar refractivity (Wildman–Crippen MR) is 81.8 cm³/mol. The first-order valence-corrected chi connectivity index (χ1v) is 7.47. The Hall–Kier alpha value is -0.780. The average Bonchev–Trinajstić information content (AvgIpc) is 2.27. The molecule has 0 aliphatic rings. The van der Waals surface area contributed by atoms with Gasteiger partial charge >= 0.3 is 0 Å². The molecule has 102 valence electrons. The highest BCUT2D eigenvalue weighted by Crippen LogP contribution is 2.33. The van der Waals surface area contributed by atoms with E-state index in [9.17, 15) is 0 Å². The first kappa shape index (κ1) is 15.3. The molecule has 1 rings (SSSR count). The van der Waals surface area contributed by atoms with Crippen molar-refractivity contribution >= 4 is 0 Å². The Morgan fingerprint density at radius 2 is 1.67 bits per heavy atom. The number of benzene rings is 1. The summed E-state index contributed by atoms with van der Waals surface area (Å²) in [5, 5.41) is 0. The Morgan fingerprint density at radius 3 is 2.17 bits per heavy atom. The van der Waals surface area contributed by atoms with Gasteiger partial charge in [0.2, 0.25) is 0 Å². The number of rotatable bonds is 7. The minimum Gasteiger partial charge on any atom is -0.0651 e. The largest absolute Gasteiger partial charge is 0.0651 e. The maximum Gasteiger partial charge on any atom is -0.0227 e. The van der Waals surface area contributed by atoms with Gasteiger partial charge in [0.15, 0.2) is 0 Å². The standard InChI is InChI=1S/C18H30/c1-6-16(12-15(2)3)13-18(4,5)14-17-10-8-7-9-11-17/h7-11,15-16H,6,12-14H2,1-5H3. The van der Waals surface area contributed by atoms with E-state index in [1.165, 1.54) is 31.2 Å². The summed E-state index contributed by atoms with van der Waals surface area (Å²) in [6.07, 6.45) is 5.23. The van der Waals surface area contributed by atoms with Gasteiger partial charge in [-0.1, -0.05) is 71.4 Å². The molecule has 0 nitrogen and oxygen atoms in total. The van der Waals surface area contributed by atoms with Crippen molar-refractivity contribution in [2.24, 2.45) is 17.3 Å². The summed E-state index contributed by atoms with van der Waals surface area (Å²) in [4.78, 5) is 0. The van der Waals surface area contributed by atoms with Crippen molar-refractivity contribution in [3.05, 3.63) is 35.9 Å². The summed E-state index contributed by atoms with van der Waals surface area (Å²) in [7, 11) is 0. The van der Waals surface area contributed by atoms with E-state index < -0.39 is 0 Å². The lowest BCUT2D eigenvalue weighted by atomic mass is 9.75. The van der Waals surface area contributed by atoms with Crippen LogP contribution in [0.4, 0.5) is 0 Å². The summed E-state index contributed by atoms with van der Waals surface area (Å²) >= 11 is 0. The van der Waals surface area contributed by atoms with Crippen LogP contribution >= 0.6 is 0 Å². The third kappa shape index (κ3) is 5.71. The van der Waals surface area contributed by atoms with Crippen molar-refractivity contribution in [1.82, 2.24) is 0 Å². The van der Waals surface area contributed by atoms with Crippen LogP contribution in [-0.4, -0.2) is 0 Å². The summed E-state index contributed by atoms with van der Waals surface area (Å²) < 4.78 is 0. The molecule has 1 aromatic carbocycles.